The molecule has 4 rings (SSSR count). The Morgan fingerprint density at radius 3 is 2.76 bits per heavy atom. The molecule has 1 nitrogen and oxygen atoms in total. The summed E-state index contributed by atoms with van der Waals surface area (Å²) >= 11 is 3.64. The second kappa shape index (κ2) is 6.49. The van der Waals surface area contributed by atoms with E-state index in [1.807, 2.05) is 0 Å². The molecule has 2 aromatic rings. The summed E-state index contributed by atoms with van der Waals surface area (Å²) in [6.45, 7) is 8.95. The molecule has 2 aliphatic rings. The van der Waals surface area contributed by atoms with Crippen LogP contribution in [-0.4, -0.2) is 6.61 Å². The van der Waals surface area contributed by atoms with Gasteiger partial charge in [0.15, 0.2) is 0 Å². The van der Waals surface area contributed by atoms with Gasteiger partial charge in [-0.2, -0.15) is 0 Å². The van der Waals surface area contributed by atoms with Crippen molar-refractivity contribution in [2.24, 2.45) is 0 Å². The fourth-order valence-electron chi connectivity index (χ4n) is 4.29. The Bertz CT molecular complexity index is 1080. The molecular formula is C23H23BrO. The number of ether oxygens (including phenoxy) is 1. The molecule has 0 radical (unpaired) electrons. The van der Waals surface area contributed by atoms with Crippen LogP contribution in [-0.2, 0) is 6.42 Å². The van der Waals surface area contributed by atoms with Gasteiger partial charge in [0.1, 0.15) is 12.4 Å². The van der Waals surface area contributed by atoms with E-state index in [1.165, 1.54) is 44.9 Å². The molecule has 0 spiro atoms. The molecule has 0 aliphatic heterocycles. The van der Waals surface area contributed by atoms with Crippen molar-refractivity contribution in [2.45, 2.75) is 39.0 Å². The third-order valence-corrected chi connectivity index (χ3v) is 6.18. The van der Waals surface area contributed by atoms with Gasteiger partial charge in [0.25, 0.3) is 0 Å². The van der Waals surface area contributed by atoms with Gasteiger partial charge in [0.05, 0.1) is 4.47 Å². The maximum absolute atomic E-state index is 5.95. The van der Waals surface area contributed by atoms with E-state index in [4.69, 9.17) is 4.74 Å². The minimum atomic E-state index is 0.519. The van der Waals surface area contributed by atoms with Crippen molar-refractivity contribution in [1.82, 2.24) is 0 Å². The second-order valence-corrected chi connectivity index (χ2v) is 7.97. The van der Waals surface area contributed by atoms with Crippen LogP contribution in [0.4, 0.5) is 0 Å². The molecule has 0 amide bonds. The third-order valence-electron chi connectivity index (χ3n) is 5.56. The molecule has 25 heavy (non-hydrogen) atoms. The predicted molar refractivity (Wildman–Crippen MR) is 108 cm³/mol. The van der Waals surface area contributed by atoms with Crippen LogP contribution < -0.4 is 15.2 Å². The van der Waals surface area contributed by atoms with E-state index in [1.54, 1.807) is 11.6 Å². The van der Waals surface area contributed by atoms with Crippen molar-refractivity contribution < 1.29 is 4.74 Å². The summed E-state index contributed by atoms with van der Waals surface area (Å²) in [5, 5.41) is 5.33. The fraction of sp³-hybridized carbons (Fsp3) is 0.304. The standard InChI is InChI=1S/C23H23BrO/c1-4-13-25-23-20-10-9-19-17(18(20)11-12-21(23)24)8-7-16-14(2)5-6-15(3)22(16)19/h4,7-8,10-12,15H,1,5-6,9,13H2,2-3H3. The molecule has 1 unspecified atom stereocenters. The van der Waals surface area contributed by atoms with Crippen molar-refractivity contribution in [3.63, 3.8) is 0 Å². The smallest absolute Gasteiger partial charge is 0.141 e. The highest BCUT2D eigenvalue weighted by Gasteiger charge is 2.20. The van der Waals surface area contributed by atoms with Crippen LogP contribution in [0.15, 0.2) is 41.4 Å². The first-order valence-electron chi connectivity index (χ1n) is 9.00. The van der Waals surface area contributed by atoms with Crippen LogP contribution in [0.1, 0.15) is 43.7 Å². The van der Waals surface area contributed by atoms with Gasteiger partial charge in [0, 0.05) is 5.22 Å². The minimum absolute atomic E-state index is 0.519. The zero-order valence-corrected chi connectivity index (χ0v) is 16.4. The van der Waals surface area contributed by atoms with Crippen molar-refractivity contribution >= 4 is 27.6 Å². The molecule has 2 aromatic carbocycles. The zero-order valence-electron chi connectivity index (χ0n) is 14.9. The Kier molecular flexibility index (Phi) is 4.33. The summed E-state index contributed by atoms with van der Waals surface area (Å²) in [6.07, 6.45) is 7.58. The first-order chi connectivity index (χ1) is 12.1. The summed E-state index contributed by atoms with van der Waals surface area (Å²) in [7, 11) is 0. The molecule has 2 heteroatoms. The molecular weight excluding hydrogens is 372 g/mol. The molecule has 0 aromatic heterocycles. The molecule has 0 N–H and O–H groups in total. The van der Waals surface area contributed by atoms with Crippen molar-refractivity contribution in [3.05, 3.63) is 73.4 Å². The van der Waals surface area contributed by atoms with Gasteiger partial charge >= 0.3 is 0 Å². The highest BCUT2D eigenvalue weighted by atomic mass is 79.9. The highest BCUT2D eigenvalue weighted by molar-refractivity contribution is 9.10. The van der Waals surface area contributed by atoms with Gasteiger partial charge in [-0.1, -0.05) is 49.4 Å². The van der Waals surface area contributed by atoms with Crippen LogP contribution >= 0.6 is 15.9 Å². The Morgan fingerprint density at radius 2 is 1.96 bits per heavy atom. The summed E-state index contributed by atoms with van der Waals surface area (Å²) < 4.78 is 6.95. The van der Waals surface area contributed by atoms with Crippen LogP contribution in [0.5, 0.6) is 5.75 Å². The van der Waals surface area contributed by atoms with Crippen molar-refractivity contribution in [2.75, 3.05) is 6.61 Å². The molecule has 1 atom stereocenters. The van der Waals surface area contributed by atoms with E-state index in [-0.39, 0.29) is 0 Å². The SMILES string of the molecule is C=CCOc1c(Br)ccc2c1=CCc1c3c(ccc1=2)=C(C)CCC3C. The molecule has 128 valence electrons. The lowest BCUT2D eigenvalue weighted by atomic mass is 9.80. The third kappa shape index (κ3) is 2.67. The lowest BCUT2D eigenvalue weighted by molar-refractivity contribution is 0.357. The number of hydrogen-bond acceptors (Lipinski definition) is 1. The van der Waals surface area contributed by atoms with Gasteiger partial charge in [-0.05, 0) is 80.9 Å². The Morgan fingerprint density at radius 1 is 1.20 bits per heavy atom. The summed E-state index contributed by atoms with van der Waals surface area (Å²) in [5.74, 6) is 1.56. The monoisotopic (exact) mass is 394 g/mol. The number of fused-ring (bicyclic) bond motifs is 4. The molecule has 2 aliphatic carbocycles. The minimum Gasteiger partial charge on any atom is -0.488 e. The van der Waals surface area contributed by atoms with Crippen LogP contribution in [0.3, 0.4) is 0 Å². The van der Waals surface area contributed by atoms with E-state index >= 15 is 0 Å². The van der Waals surface area contributed by atoms with Crippen LogP contribution in [0.25, 0.3) is 11.6 Å². The zero-order chi connectivity index (χ0) is 17.6. The Hall–Kier alpha value is -1.80. The van der Waals surface area contributed by atoms with Gasteiger partial charge < -0.3 is 4.74 Å². The van der Waals surface area contributed by atoms with E-state index in [9.17, 15) is 0 Å². The summed E-state index contributed by atoms with van der Waals surface area (Å²) in [6, 6.07) is 8.96. The summed E-state index contributed by atoms with van der Waals surface area (Å²) in [4.78, 5) is 0. The first-order valence-corrected chi connectivity index (χ1v) is 9.79. The molecule has 0 saturated heterocycles. The molecule has 0 fully saturated rings. The normalized spacial score (nSPS) is 17.9. The van der Waals surface area contributed by atoms with Crippen molar-refractivity contribution in [3.8, 4) is 5.75 Å². The lowest BCUT2D eigenvalue weighted by Crippen LogP contribution is -2.24. The Balaban J connectivity index is 2.11. The van der Waals surface area contributed by atoms with E-state index in [0.717, 1.165) is 16.6 Å². The number of rotatable bonds is 3. The maximum Gasteiger partial charge on any atom is 0.141 e. The second-order valence-electron chi connectivity index (χ2n) is 7.12. The van der Waals surface area contributed by atoms with Gasteiger partial charge in [-0.15, -0.1) is 0 Å². The molecule has 0 saturated carbocycles. The van der Waals surface area contributed by atoms with E-state index in [0.29, 0.717) is 12.5 Å². The van der Waals surface area contributed by atoms with Crippen LogP contribution in [0, 0.1) is 10.4 Å². The number of hydrogen-bond donors (Lipinski definition) is 0. The van der Waals surface area contributed by atoms with Gasteiger partial charge in [-0.25, -0.2) is 0 Å². The fourth-order valence-corrected chi connectivity index (χ4v) is 4.75. The van der Waals surface area contributed by atoms with Gasteiger partial charge in [0.2, 0.25) is 0 Å². The Labute approximate surface area is 157 Å². The molecule has 0 heterocycles. The number of benzene rings is 2. The topological polar surface area (TPSA) is 9.23 Å². The average molecular weight is 395 g/mol. The number of halogens is 1. The van der Waals surface area contributed by atoms with E-state index in [2.05, 4.69) is 66.7 Å². The average Bonchev–Trinajstić information content (AvgIpc) is 2.63. The van der Waals surface area contributed by atoms with Gasteiger partial charge in [-0.3, -0.25) is 0 Å². The highest BCUT2D eigenvalue weighted by Crippen LogP contribution is 2.30. The first kappa shape index (κ1) is 16.7. The van der Waals surface area contributed by atoms with Crippen LogP contribution in [0.2, 0.25) is 0 Å². The lowest BCUT2D eigenvalue weighted by Gasteiger charge is -2.24. The predicted octanol–water partition coefficient (Wildman–Crippen LogP) is 4.71. The van der Waals surface area contributed by atoms with E-state index < -0.39 is 0 Å². The maximum atomic E-state index is 5.95. The largest absolute Gasteiger partial charge is 0.488 e. The summed E-state index contributed by atoms with van der Waals surface area (Å²) in [5.41, 5.74) is 4.61. The molecule has 0 bridgehead atoms. The quantitative estimate of drug-likeness (QED) is 0.685. The van der Waals surface area contributed by atoms with Crippen molar-refractivity contribution in [1.29, 1.82) is 0 Å².